The first-order valence-electron chi connectivity index (χ1n) is 12.1. The highest BCUT2D eigenvalue weighted by Gasteiger charge is 2.51. The third-order valence-corrected chi connectivity index (χ3v) is 7.26. The van der Waals surface area contributed by atoms with Crippen molar-refractivity contribution in [2.24, 2.45) is 0 Å². The lowest BCUT2D eigenvalue weighted by atomic mass is 9.64. The molecule has 2 N–H and O–H groups in total. The molecule has 170 valence electrons. The van der Waals surface area contributed by atoms with Gasteiger partial charge in [0.1, 0.15) is 0 Å². The van der Waals surface area contributed by atoms with Crippen molar-refractivity contribution in [3.8, 4) is 0 Å². The van der Waals surface area contributed by atoms with E-state index in [4.69, 9.17) is 0 Å². The van der Waals surface area contributed by atoms with E-state index in [2.05, 4.69) is 139 Å². The average molecular weight is 453 g/mol. The van der Waals surface area contributed by atoms with Gasteiger partial charge in [0.15, 0.2) is 0 Å². The van der Waals surface area contributed by atoms with Gasteiger partial charge in [-0.25, -0.2) is 0 Å². The van der Waals surface area contributed by atoms with Crippen LogP contribution in [0.25, 0.3) is 21.8 Å². The molecule has 0 amide bonds. The van der Waals surface area contributed by atoms with E-state index in [-0.39, 0.29) is 6.04 Å². The van der Waals surface area contributed by atoms with Crippen molar-refractivity contribution in [2.45, 2.75) is 18.4 Å². The molecule has 35 heavy (non-hydrogen) atoms. The summed E-state index contributed by atoms with van der Waals surface area (Å²) in [4.78, 5) is 3.67. The van der Waals surface area contributed by atoms with Crippen molar-refractivity contribution in [2.75, 3.05) is 5.32 Å². The highest BCUT2D eigenvalue weighted by Crippen LogP contribution is 2.58. The van der Waals surface area contributed by atoms with Crippen molar-refractivity contribution in [3.05, 3.63) is 150 Å². The molecule has 0 bridgehead atoms. The molecule has 0 aliphatic carbocycles. The minimum absolute atomic E-state index is 0.0151. The zero-order chi connectivity index (χ0) is 23.8. The Labute approximate surface area is 206 Å². The summed E-state index contributed by atoms with van der Waals surface area (Å²) in [6, 6.07) is 34.9. The van der Waals surface area contributed by atoms with Crippen molar-refractivity contribution in [1.29, 1.82) is 0 Å². The van der Waals surface area contributed by atoms with Crippen molar-refractivity contribution < 1.29 is 0 Å². The number of para-hydroxylation sites is 1. The molecular formula is C33H28N2. The van der Waals surface area contributed by atoms with Crippen molar-refractivity contribution in [1.82, 2.24) is 4.98 Å². The van der Waals surface area contributed by atoms with Crippen LogP contribution in [0, 0.1) is 0 Å². The molecule has 0 saturated carbocycles. The first-order chi connectivity index (χ1) is 17.3. The minimum atomic E-state index is -0.440. The van der Waals surface area contributed by atoms with Crippen LogP contribution in [0.1, 0.15) is 29.7 Å². The van der Waals surface area contributed by atoms with Crippen LogP contribution in [-0.4, -0.2) is 4.98 Å². The van der Waals surface area contributed by atoms with Crippen LogP contribution in [0.2, 0.25) is 0 Å². The molecule has 1 aliphatic rings. The lowest BCUT2D eigenvalue weighted by Crippen LogP contribution is -2.35. The molecule has 6 rings (SSSR count). The van der Waals surface area contributed by atoms with Gasteiger partial charge in [0.2, 0.25) is 0 Å². The van der Waals surface area contributed by atoms with E-state index >= 15 is 0 Å². The number of hydrogen-bond donors (Lipinski definition) is 2. The molecule has 4 aromatic carbocycles. The Bertz CT molecular complexity index is 1590. The van der Waals surface area contributed by atoms with Gasteiger partial charge >= 0.3 is 0 Å². The molecule has 0 radical (unpaired) electrons. The third kappa shape index (κ3) is 3.18. The molecule has 2 atom stereocenters. The number of aromatic amines is 1. The fourth-order valence-electron chi connectivity index (χ4n) is 5.88. The normalized spacial score (nSPS) is 19.8. The van der Waals surface area contributed by atoms with E-state index in [9.17, 15) is 0 Å². The van der Waals surface area contributed by atoms with Gasteiger partial charge < -0.3 is 10.3 Å². The smallest absolute Gasteiger partial charge is 0.0715 e. The molecule has 0 fully saturated rings. The Morgan fingerprint density at radius 1 is 0.829 bits per heavy atom. The first-order valence-corrected chi connectivity index (χ1v) is 12.1. The van der Waals surface area contributed by atoms with Crippen LogP contribution < -0.4 is 5.32 Å². The molecule has 2 unspecified atom stereocenters. The average Bonchev–Trinajstić information content (AvgIpc) is 3.44. The predicted octanol–water partition coefficient (Wildman–Crippen LogP) is 8.46. The van der Waals surface area contributed by atoms with Gasteiger partial charge in [0.05, 0.1) is 11.5 Å². The Morgan fingerprint density at radius 3 is 2.29 bits per heavy atom. The van der Waals surface area contributed by atoms with Crippen LogP contribution in [0.5, 0.6) is 0 Å². The van der Waals surface area contributed by atoms with Crippen molar-refractivity contribution >= 4 is 27.5 Å². The Balaban J connectivity index is 1.75. The van der Waals surface area contributed by atoms with Gasteiger partial charge in [-0.2, -0.15) is 0 Å². The number of anilines is 1. The summed E-state index contributed by atoms with van der Waals surface area (Å²) in [5, 5.41) is 6.45. The highest BCUT2D eigenvalue weighted by atomic mass is 15.0. The van der Waals surface area contributed by atoms with Crippen LogP contribution >= 0.6 is 0 Å². The standard InChI is InChI=1S/C33H28N2/c1-3-13-24(14-4-2)33(25-17-9-6-10-18-25)28-22-30-27(26-19-11-12-20-29(26)34-30)21-31(28)35-32(33)23-15-7-5-8-16-23/h3-22,32,34-35H,1H2,2H3/b14-4-,24-13+. The number of hydrogen-bond acceptors (Lipinski definition) is 1. The lowest BCUT2D eigenvalue weighted by molar-refractivity contribution is 0.553. The van der Waals surface area contributed by atoms with E-state index in [1.54, 1.807) is 0 Å². The molecule has 0 spiro atoms. The summed E-state index contributed by atoms with van der Waals surface area (Å²) in [5.74, 6) is 0. The van der Waals surface area contributed by atoms with Crippen LogP contribution in [0.15, 0.2) is 134 Å². The van der Waals surface area contributed by atoms with E-state index < -0.39 is 5.41 Å². The fraction of sp³-hybridized carbons (Fsp3) is 0.0909. The maximum atomic E-state index is 4.07. The number of allylic oxidation sites excluding steroid dienone is 4. The monoisotopic (exact) mass is 452 g/mol. The van der Waals surface area contributed by atoms with Gasteiger partial charge in [-0.15, -0.1) is 0 Å². The number of fused-ring (bicyclic) bond motifs is 4. The summed E-state index contributed by atoms with van der Waals surface area (Å²) in [6.07, 6.45) is 8.43. The Morgan fingerprint density at radius 2 is 1.54 bits per heavy atom. The third-order valence-electron chi connectivity index (χ3n) is 7.26. The molecule has 2 heterocycles. The van der Waals surface area contributed by atoms with E-state index in [1.165, 1.54) is 38.7 Å². The zero-order valence-electron chi connectivity index (χ0n) is 19.8. The quantitative estimate of drug-likeness (QED) is 0.257. The lowest BCUT2D eigenvalue weighted by Gasteiger charge is -2.38. The summed E-state index contributed by atoms with van der Waals surface area (Å²) in [6.45, 7) is 6.16. The first kappa shape index (κ1) is 21.2. The van der Waals surface area contributed by atoms with Crippen LogP contribution in [-0.2, 0) is 5.41 Å². The molecular weight excluding hydrogens is 424 g/mol. The Kier molecular flexibility index (Phi) is 5.15. The molecule has 1 aromatic heterocycles. The van der Waals surface area contributed by atoms with Gasteiger partial charge in [-0.1, -0.05) is 110 Å². The van der Waals surface area contributed by atoms with Gasteiger partial charge in [-0.05, 0) is 47.4 Å². The fourth-order valence-corrected chi connectivity index (χ4v) is 5.88. The molecule has 0 saturated heterocycles. The van der Waals surface area contributed by atoms with Gasteiger partial charge in [0, 0.05) is 27.5 Å². The largest absolute Gasteiger partial charge is 0.376 e. The number of benzene rings is 4. The maximum Gasteiger partial charge on any atom is 0.0715 e. The minimum Gasteiger partial charge on any atom is -0.376 e. The van der Waals surface area contributed by atoms with E-state index in [0.717, 1.165) is 11.0 Å². The topological polar surface area (TPSA) is 27.8 Å². The number of rotatable bonds is 5. The highest BCUT2D eigenvalue weighted by molar-refractivity contribution is 6.09. The van der Waals surface area contributed by atoms with Crippen LogP contribution in [0.3, 0.4) is 0 Å². The summed E-state index contributed by atoms with van der Waals surface area (Å²) in [5.41, 5.74) is 8.01. The summed E-state index contributed by atoms with van der Waals surface area (Å²) < 4.78 is 0. The maximum absolute atomic E-state index is 4.07. The summed E-state index contributed by atoms with van der Waals surface area (Å²) in [7, 11) is 0. The van der Waals surface area contributed by atoms with Crippen molar-refractivity contribution in [3.63, 3.8) is 0 Å². The second-order valence-electron chi connectivity index (χ2n) is 9.13. The molecule has 1 aliphatic heterocycles. The number of H-pyrrole nitrogens is 1. The van der Waals surface area contributed by atoms with Crippen LogP contribution in [0.4, 0.5) is 5.69 Å². The molecule has 2 heteroatoms. The summed E-state index contributed by atoms with van der Waals surface area (Å²) >= 11 is 0. The number of aromatic nitrogens is 1. The Hall–Kier alpha value is -4.30. The van der Waals surface area contributed by atoms with Gasteiger partial charge in [0.25, 0.3) is 0 Å². The second kappa shape index (κ2) is 8.48. The number of nitrogens with one attached hydrogen (secondary N) is 2. The SMILES string of the molecule is C=C/C=C(\C=C/C)C1(c2ccccc2)c2cc3[nH]c4ccccc4c3cc2NC1c1ccccc1. The zero-order valence-corrected chi connectivity index (χ0v) is 19.8. The van der Waals surface area contributed by atoms with E-state index in [0.29, 0.717) is 0 Å². The second-order valence-corrected chi connectivity index (χ2v) is 9.13. The van der Waals surface area contributed by atoms with Gasteiger partial charge in [-0.3, -0.25) is 0 Å². The molecule has 2 nitrogen and oxygen atoms in total. The predicted molar refractivity (Wildman–Crippen MR) is 149 cm³/mol. The molecule has 5 aromatic rings. The van der Waals surface area contributed by atoms with E-state index in [1.807, 2.05) is 6.08 Å².